The van der Waals surface area contributed by atoms with E-state index in [0.717, 1.165) is 0 Å². The second-order valence-corrected chi connectivity index (χ2v) is 2.34. The topological polar surface area (TPSA) is 61.1 Å². The van der Waals surface area contributed by atoms with Crippen molar-refractivity contribution in [3.05, 3.63) is 42.5 Å². The number of carboxylic acid groups (broad SMARTS) is 1. The van der Waals surface area contributed by atoms with Crippen LogP contribution in [0.2, 0.25) is 0 Å². The number of carbonyl (C=O) groups is 1. The first kappa shape index (κ1) is 11.9. The highest BCUT2D eigenvalue weighted by atomic mass is 16.4. The maximum absolute atomic E-state index is 9.38. The van der Waals surface area contributed by atoms with Gasteiger partial charge in [0.25, 0.3) is 0 Å². The molecule has 0 aliphatic rings. The highest BCUT2D eigenvalue weighted by Crippen LogP contribution is 1.97. The molecule has 0 bridgehead atoms. The van der Waals surface area contributed by atoms with Crippen LogP contribution >= 0.6 is 0 Å². The zero-order valence-electron chi connectivity index (χ0n) is 7.68. The van der Waals surface area contributed by atoms with Gasteiger partial charge in [0, 0.05) is 0 Å². The summed E-state index contributed by atoms with van der Waals surface area (Å²) in [6.45, 7) is 3.63. The predicted molar refractivity (Wildman–Crippen MR) is 54.4 cm³/mol. The van der Waals surface area contributed by atoms with E-state index >= 15 is 0 Å². The third-order valence-electron chi connectivity index (χ3n) is 1.27. The minimum atomic E-state index is -1.07. The highest BCUT2D eigenvalue weighted by Gasteiger charge is 1.87. The van der Waals surface area contributed by atoms with Gasteiger partial charge in [-0.25, -0.2) is 0 Å². The van der Waals surface area contributed by atoms with Gasteiger partial charge in [-0.3, -0.25) is 4.79 Å². The molecule has 3 nitrogen and oxygen atoms in total. The van der Waals surface area contributed by atoms with E-state index in [1.54, 1.807) is 0 Å². The molecule has 3 heteroatoms. The van der Waals surface area contributed by atoms with Crippen LogP contribution < -0.4 is 0 Å². The molecule has 0 radical (unpaired) electrons. The van der Waals surface area contributed by atoms with Crippen molar-refractivity contribution >= 4 is 12.0 Å². The molecule has 0 aliphatic heterocycles. The standard InChI is InChI=1S/C8H8.C3H3NO2/c1-2-8-6-4-3-5-7-8;4-2-1-3(5)6/h2-7H,1H2;1H2,(H,5,6). The van der Waals surface area contributed by atoms with Gasteiger partial charge < -0.3 is 5.11 Å². The second kappa shape index (κ2) is 7.56. The van der Waals surface area contributed by atoms with E-state index in [2.05, 4.69) is 6.58 Å². The summed E-state index contributed by atoms with van der Waals surface area (Å²) in [4.78, 5) is 9.38. The molecule has 1 aromatic carbocycles. The van der Waals surface area contributed by atoms with Crippen LogP contribution in [0.25, 0.3) is 6.08 Å². The number of rotatable bonds is 2. The number of benzene rings is 1. The van der Waals surface area contributed by atoms with Crippen molar-refractivity contribution in [1.29, 1.82) is 5.26 Å². The lowest BCUT2D eigenvalue weighted by Gasteiger charge is -1.85. The van der Waals surface area contributed by atoms with Gasteiger partial charge in [0.1, 0.15) is 6.42 Å². The van der Waals surface area contributed by atoms with Crippen LogP contribution in [0.3, 0.4) is 0 Å². The second-order valence-electron chi connectivity index (χ2n) is 2.34. The Bertz CT molecular complexity index is 325. The van der Waals surface area contributed by atoms with Gasteiger partial charge in [-0.05, 0) is 5.56 Å². The quantitative estimate of drug-likeness (QED) is 0.776. The van der Waals surface area contributed by atoms with Crippen LogP contribution in [-0.2, 0) is 4.79 Å². The first-order valence-corrected chi connectivity index (χ1v) is 3.97. The zero-order valence-corrected chi connectivity index (χ0v) is 7.68. The van der Waals surface area contributed by atoms with E-state index in [9.17, 15) is 4.79 Å². The summed E-state index contributed by atoms with van der Waals surface area (Å²) >= 11 is 0. The van der Waals surface area contributed by atoms with Gasteiger partial charge >= 0.3 is 5.97 Å². The van der Waals surface area contributed by atoms with Gasteiger partial charge in [-0.2, -0.15) is 5.26 Å². The molecular formula is C11H11NO2. The van der Waals surface area contributed by atoms with Gasteiger partial charge in [0.15, 0.2) is 0 Å². The molecule has 0 unspecified atom stereocenters. The van der Waals surface area contributed by atoms with Crippen molar-refractivity contribution in [1.82, 2.24) is 0 Å². The number of aliphatic carboxylic acids is 1. The Morgan fingerprint density at radius 2 is 2.07 bits per heavy atom. The highest BCUT2D eigenvalue weighted by molar-refractivity contribution is 5.69. The maximum atomic E-state index is 9.38. The summed E-state index contributed by atoms with van der Waals surface area (Å²) in [6, 6.07) is 11.5. The summed E-state index contributed by atoms with van der Waals surface area (Å²) in [5, 5.41) is 15.3. The Hall–Kier alpha value is -2.08. The number of nitrogens with zero attached hydrogens (tertiary/aromatic N) is 1. The molecule has 0 aromatic heterocycles. The molecule has 14 heavy (non-hydrogen) atoms. The summed E-state index contributed by atoms with van der Waals surface area (Å²) in [7, 11) is 0. The number of hydrogen-bond acceptors (Lipinski definition) is 2. The molecule has 0 spiro atoms. The number of carboxylic acids is 1. The fourth-order valence-electron chi connectivity index (χ4n) is 0.657. The van der Waals surface area contributed by atoms with Crippen LogP contribution in [0.15, 0.2) is 36.9 Å². The molecule has 0 saturated heterocycles. The van der Waals surface area contributed by atoms with Crippen LogP contribution in [0, 0.1) is 11.3 Å². The average Bonchev–Trinajstić information content (AvgIpc) is 2.20. The smallest absolute Gasteiger partial charge is 0.317 e. The van der Waals surface area contributed by atoms with Crippen molar-refractivity contribution in [2.24, 2.45) is 0 Å². The largest absolute Gasteiger partial charge is 0.480 e. The minimum Gasteiger partial charge on any atom is -0.480 e. The van der Waals surface area contributed by atoms with Crippen molar-refractivity contribution in [2.45, 2.75) is 6.42 Å². The lowest BCUT2D eigenvalue weighted by atomic mass is 10.2. The van der Waals surface area contributed by atoms with Crippen LogP contribution in [0.4, 0.5) is 0 Å². The maximum Gasteiger partial charge on any atom is 0.317 e. The molecule has 1 aromatic rings. The van der Waals surface area contributed by atoms with Crippen LogP contribution in [0.5, 0.6) is 0 Å². The molecule has 1 N–H and O–H groups in total. The lowest BCUT2D eigenvalue weighted by molar-refractivity contribution is -0.135. The lowest BCUT2D eigenvalue weighted by Crippen LogP contribution is -1.88. The summed E-state index contributed by atoms with van der Waals surface area (Å²) in [5.41, 5.74) is 1.17. The Labute approximate surface area is 82.9 Å². The molecule has 0 heterocycles. The molecular weight excluding hydrogens is 178 g/mol. The van der Waals surface area contributed by atoms with E-state index in [-0.39, 0.29) is 0 Å². The first-order chi connectivity index (χ1) is 6.70. The summed E-state index contributed by atoms with van der Waals surface area (Å²) < 4.78 is 0. The minimum absolute atomic E-state index is 0.403. The SMILES string of the molecule is C=Cc1ccccc1.N#CCC(=O)O. The number of nitriles is 1. The predicted octanol–water partition coefficient (Wildman–Crippen LogP) is 2.31. The number of hydrogen-bond donors (Lipinski definition) is 1. The Morgan fingerprint density at radius 1 is 1.50 bits per heavy atom. The molecule has 1 rings (SSSR count). The molecule has 72 valence electrons. The first-order valence-electron chi connectivity index (χ1n) is 3.97. The summed E-state index contributed by atoms with van der Waals surface area (Å²) in [6.07, 6.45) is 1.43. The van der Waals surface area contributed by atoms with Crippen molar-refractivity contribution in [3.8, 4) is 6.07 Å². The Balaban J connectivity index is 0.000000255. The van der Waals surface area contributed by atoms with E-state index in [0.29, 0.717) is 0 Å². The van der Waals surface area contributed by atoms with Crippen molar-refractivity contribution < 1.29 is 9.90 Å². The third kappa shape index (κ3) is 6.62. The van der Waals surface area contributed by atoms with Crippen LogP contribution in [-0.4, -0.2) is 11.1 Å². The molecule has 0 fully saturated rings. The monoisotopic (exact) mass is 189 g/mol. The van der Waals surface area contributed by atoms with E-state index in [1.165, 1.54) is 11.6 Å². The Kier molecular flexibility index (Phi) is 6.44. The Morgan fingerprint density at radius 3 is 2.29 bits per heavy atom. The van der Waals surface area contributed by atoms with E-state index in [4.69, 9.17) is 10.4 Å². The van der Waals surface area contributed by atoms with Gasteiger partial charge in [-0.15, -0.1) is 0 Å². The average molecular weight is 189 g/mol. The molecule has 0 atom stereocenters. The van der Waals surface area contributed by atoms with Crippen molar-refractivity contribution in [2.75, 3.05) is 0 Å². The van der Waals surface area contributed by atoms with Gasteiger partial charge in [0.05, 0.1) is 6.07 Å². The van der Waals surface area contributed by atoms with Crippen LogP contribution in [0.1, 0.15) is 12.0 Å². The fraction of sp³-hybridized carbons (Fsp3) is 0.0909. The van der Waals surface area contributed by atoms with E-state index in [1.807, 2.05) is 36.4 Å². The van der Waals surface area contributed by atoms with E-state index < -0.39 is 12.4 Å². The molecule has 0 saturated carbocycles. The zero-order chi connectivity index (χ0) is 10.8. The normalized spacial score (nSPS) is 7.64. The van der Waals surface area contributed by atoms with Gasteiger partial charge in [0.2, 0.25) is 0 Å². The summed E-state index contributed by atoms with van der Waals surface area (Å²) in [5.74, 6) is -1.07. The molecule has 0 aliphatic carbocycles. The third-order valence-corrected chi connectivity index (χ3v) is 1.27. The fourth-order valence-corrected chi connectivity index (χ4v) is 0.657. The molecule has 0 amide bonds. The van der Waals surface area contributed by atoms with Crippen molar-refractivity contribution in [3.63, 3.8) is 0 Å². The van der Waals surface area contributed by atoms with Gasteiger partial charge in [-0.1, -0.05) is 43.0 Å².